The SMILES string of the molecule is CN1N=C(c2ccc(OC(F)(F)F)cc2)CC1CO[C@@H]1COc2nc([N+](=O)[O-])cn2C1. The van der Waals surface area contributed by atoms with Crippen molar-refractivity contribution in [3.8, 4) is 11.8 Å². The molecule has 31 heavy (non-hydrogen) atoms. The number of hydrogen-bond donors (Lipinski definition) is 0. The molecule has 1 aromatic carbocycles. The standard InChI is InChI=1S/C18H18F3N5O5/c1-24-12(6-15(23-24)11-2-4-13(5-3-11)31-18(19,20)21)9-29-14-7-25-8-16(26(27)28)22-17(25)30-10-14/h2-5,8,12,14H,6-7,9-10H2,1H3/t12?,14-/m0/s1. The van der Waals surface area contributed by atoms with Crippen LogP contribution in [0.4, 0.5) is 19.0 Å². The molecule has 3 heterocycles. The predicted octanol–water partition coefficient (Wildman–Crippen LogP) is 2.58. The zero-order chi connectivity index (χ0) is 22.2. The molecular weight excluding hydrogens is 423 g/mol. The van der Waals surface area contributed by atoms with E-state index in [2.05, 4.69) is 14.8 Å². The second-order valence-electron chi connectivity index (χ2n) is 7.11. The van der Waals surface area contributed by atoms with Gasteiger partial charge in [0.2, 0.25) is 0 Å². The summed E-state index contributed by atoms with van der Waals surface area (Å²) in [6, 6.07) is 5.67. The van der Waals surface area contributed by atoms with Gasteiger partial charge >= 0.3 is 18.2 Å². The lowest BCUT2D eigenvalue weighted by molar-refractivity contribution is -0.389. The number of likely N-dealkylation sites (N-methyl/N-ethyl adjacent to an activating group) is 1. The maximum atomic E-state index is 12.3. The van der Waals surface area contributed by atoms with Crippen LogP contribution in [-0.4, -0.2) is 64.0 Å². The van der Waals surface area contributed by atoms with Crippen molar-refractivity contribution in [2.75, 3.05) is 20.3 Å². The molecule has 166 valence electrons. The number of alkyl halides is 3. The molecule has 0 bridgehead atoms. The maximum absolute atomic E-state index is 12.3. The number of hydrazone groups is 1. The molecule has 1 aromatic heterocycles. The summed E-state index contributed by atoms with van der Waals surface area (Å²) in [5.74, 6) is -0.574. The topological polar surface area (TPSA) is 104 Å². The first kappa shape index (κ1) is 20.9. The van der Waals surface area contributed by atoms with Gasteiger partial charge in [-0.15, -0.1) is 13.2 Å². The molecule has 0 spiro atoms. The number of aromatic nitrogens is 2. The molecule has 0 aliphatic carbocycles. The van der Waals surface area contributed by atoms with E-state index in [1.807, 2.05) is 0 Å². The smallest absolute Gasteiger partial charge is 0.443 e. The highest BCUT2D eigenvalue weighted by atomic mass is 19.4. The highest BCUT2D eigenvalue weighted by Crippen LogP contribution is 2.26. The summed E-state index contributed by atoms with van der Waals surface area (Å²) < 4.78 is 53.6. The van der Waals surface area contributed by atoms with E-state index in [0.717, 1.165) is 5.71 Å². The lowest BCUT2D eigenvalue weighted by Crippen LogP contribution is -2.36. The number of halogens is 3. The first-order valence-electron chi connectivity index (χ1n) is 9.30. The van der Waals surface area contributed by atoms with Gasteiger partial charge in [-0.2, -0.15) is 5.10 Å². The van der Waals surface area contributed by atoms with Crippen LogP contribution in [0.3, 0.4) is 0 Å². The normalized spacial score (nSPS) is 20.8. The lowest BCUT2D eigenvalue weighted by atomic mass is 10.0. The van der Waals surface area contributed by atoms with Crippen LogP contribution in [-0.2, 0) is 11.3 Å². The Morgan fingerprint density at radius 2 is 2.06 bits per heavy atom. The third kappa shape index (κ3) is 4.87. The van der Waals surface area contributed by atoms with Gasteiger partial charge in [0, 0.05) is 18.5 Å². The molecule has 0 saturated heterocycles. The second kappa shape index (κ2) is 8.06. The zero-order valence-corrected chi connectivity index (χ0v) is 16.3. The Bertz CT molecular complexity index is 991. The van der Waals surface area contributed by atoms with Gasteiger partial charge in [-0.1, -0.05) is 0 Å². The van der Waals surface area contributed by atoms with Gasteiger partial charge in [0.25, 0.3) is 0 Å². The van der Waals surface area contributed by atoms with Crippen molar-refractivity contribution in [1.29, 1.82) is 0 Å². The van der Waals surface area contributed by atoms with Crippen LogP contribution >= 0.6 is 0 Å². The molecule has 0 N–H and O–H groups in total. The molecular formula is C18H18F3N5O5. The van der Waals surface area contributed by atoms with E-state index in [9.17, 15) is 23.3 Å². The molecule has 0 fully saturated rings. The number of ether oxygens (including phenoxy) is 3. The van der Waals surface area contributed by atoms with E-state index < -0.39 is 11.3 Å². The van der Waals surface area contributed by atoms with Crippen molar-refractivity contribution < 1.29 is 32.3 Å². The number of rotatable bonds is 6. The van der Waals surface area contributed by atoms with E-state index in [4.69, 9.17) is 9.47 Å². The molecule has 2 aliphatic heterocycles. The molecule has 2 aromatic rings. The molecule has 0 saturated carbocycles. The fourth-order valence-corrected chi connectivity index (χ4v) is 3.37. The maximum Gasteiger partial charge on any atom is 0.573 e. The summed E-state index contributed by atoms with van der Waals surface area (Å²) in [5.41, 5.74) is 1.42. The van der Waals surface area contributed by atoms with Crippen molar-refractivity contribution in [2.24, 2.45) is 5.10 Å². The van der Waals surface area contributed by atoms with Crippen LogP contribution < -0.4 is 9.47 Å². The fraction of sp³-hybridized carbons (Fsp3) is 0.444. The van der Waals surface area contributed by atoms with E-state index in [-0.39, 0.29) is 36.3 Å². The molecule has 10 nitrogen and oxygen atoms in total. The fourth-order valence-electron chi connectivity index (χ4n) is 3.37. The minimum absolute atomic E-state index is 0.0698. The lowest BCUT2D eigenvalue weighted by Gasteiger charge is -2.25. The van der Waals surface area contributed by atoms with Crippen LogP contribution in [0.1, 0.15) is 12.0 Å². The van der Waals surface area contributed by atoms with Gasteiger partial charge in [-0.3, -0.25) is 9.58 Å². The van der Waals surface area contributed by atoms with Crippen molar-refractivity contribution in [2.45, 2.75) is 31.5 Å². The van der Waals surface area contributed by atoms with Crippen LogP contribution in [0.2, 0.25) is 0 Å². The van der Waals surface area contributed by atoms with Gasteiger partial charge in [0.15, 0.2) is 0 Å². The van der Waals surface area contributed by atoms with Crippen LogP contribution in [0.25, 0.3) is 0 Å². The monoisotopic (exact) mass is 441 g/mol. The van der Waals surface area contributed by atoms with Crippen LogP contribution in [0.15, 0.2) is 35.6 Å². The quantitative estimate of drug-likeness (QED) is 0.501. The van der Waals surface area contributed by atoms with Crippen molar-refractivity contribution in [3.63, 3.8) is 0 Å². The molecule has 2 atom stereocenters. The van der Waals surface area contributed by atoms with Crippen molar-refractivity contribution in [1.82, 2.24) is 14.6 Å². The predicted molar refractivity (Wildman–Crippen MR) is 99.9 cm³/mol. The number of imidazole rings is 1. The summed E-state index contributed by atoms with van der Waals surface area (Å²) in [6.45, 7) is 0.929. The van der Waals surface area contributed by atoms with Gasteiger partial charge < -0.3 is 24.3 Å². The van der Waals surface area contributed by atoms with E-state index >= 15 is 0 Å². The second-order valence-corrected chi connectivity index (χ2v) is 7.11. The molecule has 1 unspecified atom stereocenters. The van der Waals surface area contributed by atoms with Gasteiger partial charge in [0.05, 0.1) is 24.9 Å². The Kier molecular flexibility index (Phi) is 5.43. The van der Waals surface area contributed by atoms with Gasteiger partial charge in [0.1, 0.15) is 24.7 Å². The summed E-state index contributed by atoms with van der Waals surface area (Å²) in [7, 11) is 1.79. The number of hydrogen-bond acceptors (Lipinski definition) is 8. The summed E-state index contributed by atoms with van der Waals surface area (Å²) in [4.78, 5) is 14.0. The molecule has 4 rings (SSSR count). The Labute approximate surface area is 174 Å². The minimum Gasteiger partial charge on any atom is -0.443 e. The Hall–Kier alpha value is -3.35. The first-order chi connectivity index (χ1) is 14.7. The van der Waals surface area contributed by atoms with Crippen LogP contribution in [0.5, 0.6) is 11.8 Å². The van der Waals surface area contributed by atoms with E-state index in [1.165, 1.54) is 35.0 Å². The number of fused-ring (bicyclic) bond motifs is 1. The van der Waals surface area contributed by atoms with Crippen molar-refractivity contribution >= 4 is 11.5 Å². The summed E-state index contributed by atoms with van der Waals surface area (Å²) >= 11 is 0. The molecule has 0 amide bonds. The van der Waals surface area contributed by atoms with Gasteiger partial charge in [-0.05, 0) is 34.8 Å². The first-order valence-corrected chi connectivity index (χ1v) is 9.30. The Balaban J connectivity index is 1.31. The largest absolute Gasteiger partial charge is 0.573 e. The zero-order valence-electron chi connectivity index (χ0n) is 16.3. The summed E-state index contributed by atoms with van der Waals surface area (Å²) in [6.07, 6.45) is -3.19. The van der Waals surface area contributed by atoms with Crippen molar-refractivity contribution in [3.05, 3.63) is 46.1 Å². The highest BCUT2D eigenvalue weighted by molar-refractivity contribution is 6.01. The molecule has 13 heteroatoms. The van der Waals surface area contributed by atoms with Crippen LogP contribution in [0, 0.1) is 10.1 Å². The number of nitrogens with zero attached hydrogens (tertiary/aromatic N) is 5. The van der Waals surface area contributed by atoms with Gasteiger partial charge in [-0.25, -0.2) is 0 Å². The average Bonchev–Trinajstić information content (AvgIpc) is 3.29. The number of nitro groups is 1. The summed E-state index contributed by atoms with van der Waals surface area (Å²) in [5, 5.41) is 17.0. The van der Waals surface area contributed by atoms with E-state index in [0.29, 0.717) is 25.1 Å². The average molecular weight is 441 g/mol. The highest BCUT2D eigenvalue weighted by Gasteiger charge is 2.32. The Morgan fingerprint density at radius 3 is 2.74 bits per heavy atom. The number of benzene rings is 1. The third-order valence-corrected chi connectivity index (χ3v) is 4.89. The third-order valence-electron chi connectivity index (χ3n) is 4.89. The molecule has 0 radical (unpaired) electrons. The Morgan fingerprint density at radius 1 is 1.32 bits per heavy atom. The molecule has 2 aliphatic rings. The van der Waals surface area contributed by atoms with E-state index in [1.54, 1.807) is 12.1 Å². The minimum atomic E-state index is -4.74.